The average Bonchev–Trinajstić information content (AvgIpc) is 3.35. The SMILES string of the molecule is CC(NC(=O)COn1nnc2ccc(S(=O)(=O)N(C)C)cc21)c1cc2ccccc2o1. The number of nitrogens with one attached hydrogen (secondary N) is 1. The monoisotopic (exact) mass is 443 g/mol. The van der Waals surface area contributed by atoms with Crippen LogP contribution in [0, 0.1) is 0 Å². The first-order chi connectivity index (χ1) is 14.8. The number of benzene rings is 2. The summed E-state index contributed by atoms with van der Waals surface area (Å²) in [6.07, 6.45) is 0. The van der Waals surface area contributed by atoms with E-state index in [0.29, 0.717) is 16.8 Å². The third-order valence-electron chi connectivity index (χ3n) is 4.73. The molecule has 11 heteroatoms. The summed E-state index contributed by atoms with van der Waals surface area (Å²) >= 11 is 0. The van der Waals surface area contributed by atoms with Gasteiger partial charge in [0, 0.05) is 19.5 Å². The number of fused-ring (bicyclic) bond motifs is 2. The zero-order valence-corrected chi connectivity index (χ0v) is 18.0. The molecule has 0 saturated carbocycles. The van der Waals surface area contributed by atoms with Gasteiger partial charge in [-0.15, -0.1) is 5.10 Å². The highest BCUT2D eigenvalue weighted by atomic mass is 32.2. The lowest BCUT2D eigenvalue weighted by molar-refractivity contribution is -0.127. The van der Waals surface area contributed by atoms with Crippen LogP contribution in [0.2, 0.25) is 0 Å². The van der Waals surface area contributed by atoms with Crippen molar-refractivity contribution < 1.29 is 22.5 Å². The van der Waals surface area contributed by atoms with Crippen molar-refractivity contribution in [1.29, 1.82) is 0 Å². The fourth-order valence-corrected chi connectivity index (χ4v) is 3.96. The van der Waals surface area contributed by atoms with Crippen molar-refractivity contribution >= 4 is 37.9 Å². The van der Waals surface area contributed by atoms with Crippen LogP contribution < -0.4 is 10.2 Å². The number of carbonyl (C=O) groups excluding carboxylic acids is 1. The van der Waals surface area contributed by atoms with Gasteiger partial charge in [0.05, 0.1) is 10.9 Å². The number of sulfonamides is 1. The Hall–Kier alpha value is -3.44. The van der Waals surface area contributed by atoms with Crippen molar-refractivity contribution in [3.8, 4) is 0 Å². The molecular weight excluding hydrogens is 422 g/mol. The summed E-state index contributed by atoms with van der Waals surface area (Å²) < 4.78 is 31.6. The molecule has 4 rings (SSSR count). The maximum atomic E-state index is 12.4. The fourth-order valence-electron chi connectivity index (χ4n) is 3.03. The molecule has 2 aromatic heterocycles. The molecular formula is C20H21N5O5S. The molecule has 162 valence electrons. The van der Waals surface area contributed by atoms with Gasteiger partial charge in [-0.25, -0.2) is 12.7 Å². The van der Waals surface area contributed by atoms with Gasteiger partial charge in [0.15, 0.2) is 6.61 Å². The maximum absolute atomic E-state index is 12.4. The molecule has 0 bridgehead atoms. The van der Waals surface area contributed by atoms with Crippen LogP contribution >= 0.6 is 0 Å². The lowest BCUT2D eigenvalue weighted by Gasteiger charge is -2.12. The van der Waals surface area contributed by atoms with Crippen LogP contribution in [0.25, 0.3) is 22.0 Å². The van der Waals surface area contributed by atoms with Crippen LogP contribution in [-0.4, -0.2) is 54.5 Å². The van der Waals surface area contributed by atoms with E-state index in [2.05, 4.69) is 15.6 Å². The van der Waals surface area contributed by atoms with Crippen LogP contribution in [0.1, 0.15) is 18.7 Å². The van der Waals surface area contributed by atoms with E-state index in [9.17, 15) is 13.2 Å². The molecule has 1 unspecified atom stereocenters. The highest BCUT2D eigenvalue weighted by Crippen LogP contribution is 2.23. The number of hydrogen-bond donors (Lipinski definition) is 1. The number of para-hydroxylation sites is 1. The molecule has 0 radical (unpaired) electrons. The van der Waals surface area contributed by atoms with Gasteiger partial charge in [-0.3, -0.25) is 4.79 Å². The van der Waals surface area contributed by atoms with Gasteiger partial charge in [0.25, 0.3) is 5.91 Å². The number of nitrogens with zero attached hydrogens (tertiary/aromatic N) is 4. The van der Waals surface area contributed by atoms with Crippen LogP contribution in [0.4, 0.5) is 0 Å². The van der Waals surface area contributed by atoms with E-state index in [1.165, 1.54) is 32.3 Å². The smallest absolute Gasteiger partial charge is 0.261 e. The van der Waals surface area contributed by atoms with Crippen LogP contribution in [0.3, 0.4) is 0 Å². The predicted molar refractivity (Wildman–Crippen MR) is 113 cm³/mol. The molecule has 4 aromatic rings. The summed E-state index contributed by atoms with van der Waals surface area (Å²) in [6, 6.07) is 13.5. The minimum absolute atomic E-state index is 0.0695. The Morgan fingerprint density at radius 1 is 1.23 bits per heavy atom. The maximum Gasteiger partial charge on any atom is 0.261 e. The number of furan rings is 1. The molecule has 1 atom stereocenters. The van der Waals surface area contributed by atoms with Crippen molar-refractivity contribution in [3.05, 3.63) is 54.3 Å². The fraction of sp³-hybridized carbons (Fsp3) is 0.250. The van der Waals surface area contributed by atoms with Crippen molar-refractivity contribution in [2.75, 3.05) is 20.7 Å². The Balaban J connectivity index is 1.45. The highest BCUT2D eigenvalue weighted by Gasteiger charge is 2.20. The average molecular weight is 443 g/mol. The Labute approximate surface area is 178 Å². The van der Waals surface area contributed by atoms with Gasteiger partial charge in [-0.1, -0.05) is 23.0 Å². The Morgan fingerprint density at radius 2 is 2.00 bits per heavy atom. The summed E-state index contributed by atoms with van der Waals surface area (Å²) in [6.45, 7) is 1.46. The van der Waals surface area contributed by atoms with Crippen molar-refractivity contribution in [1.82, 2.24) is 24.8 Å². The van der Waals surface area contributed by atoms with Crippen molar-refractivity contribution in [2.24, 2.45) is 0 Å². The van der Waals surface area contributed by atoms with E-state index in [0.717, 1.165) is 20.1 Å². The molecule has 0 aliphatic rings. The second-order valence-electron chi connectivity index (χ2n) is 7.15. The van der Waals surface area contributed by atoms with Gasteiger partial charge in [0.1, 0.15) is 22.4 Å². The number of hydrogen-bond acceptors (Lipinski definition) is 7. The Kier molecular flexibility index (Phi) is 5.38. The van der Waals surface area contributed by atoms with Gasteiger partial charge >= 0.3 is 0 Å². The predicted octanol–water partition coefficient (Wildman–Crippen LogP) is 1.73. The minimum atomic E-state index is -3.63. The van der Waals surface area contributed by atoms with Gasteiger partial charge in [-0.05, 0) is 42.5 Å². The molecule has 2 heterocycles. The van der Waals surface area contributed by atoms with Gasteiger partial charge in [0.2, 0.25) is 10.0 Å². The Bertz CT molecular complexity index is 1330. The van der Waals surface area contributed by atoms with Gasteiger partial charge < -0.3 is 14.6 Å². The molecule has 0 aliphatic carbocycles. The van der Waals surface area contributed by atoms with E-state index in [4.69, 9.17) is 9.25 Å². The molecule has 2 aromatic carbocycles. The summed E-state index contributed by atoms with van der Waals surface area (Å²) in [5, 5.41) is 11.5. The number of amides is 1. The second kappa shape index (κ2) is 8.00. The summed E-state index contributed by atoms with van der Waals surface area (Å²) in [5.41, 5.74) is 1.52. The largest absolute Gasteiger partial charge is 0.459 e. The molecule has 1 N–H and O–H groups in total. The molecule has 0 fully saturated rings. The highest BCUT2D eigenvalue weighted by molar-refractivity contribution is 7.89. The van der Waals surface area contributed by atoms with Crippen molar-refractivity contribution in [3.63, 3.8) is 0 Å². The Morgan fingerprint density at radius 3 is 2.74 bits per heavy atom. The van der Waals surface area contributed by atoms with Crippen LogP contribution in [0.15, 0.2) is 57.8 Å². The third kappa shape index (κ3) is 4.09. The van der Waals surface area contributed by atoms with E-state index in [1.54, 1.807) is 6.92 Å². The first-order valence-electron chi connectivity index (χ1n) is 9.45. The van der Waals surface area contributed by atoms with Crippen molar-refractivity contribution in [2.45, 2.75) is 17.9 Å². The number of aromatic nitrogens is 3. The normalized spacial score (nSPS) is 13.0. The first-order valence-corrected chi connectivity index (χ1v) is 10.9. The zero-order chi connectivity index (χ0) is 22.2. The van der Waals surface area contributed by atoms with E-state index < -0.39 is 15.9 Å². The molecule has 0 spiro atoms. The lowest BCUT2D eigenvalue weighted by atomic mass is 10.2. The number of rotatable bonds is 7. The quantitative estimate of drug-likeness (QED) is 0.462. The van der Waals surface area contributed by atoms with E-state index in [1.807, 2.05) is 30.3 Å². The minimum Gasteiger partial charge on any atom is -0.459 e. The molecule has 0 aliphatic heterocycles. The van der Waals surface area contributed by atoms with Gasteiger partial charge in [-0.2, -0.15) is 0 Å². The molecule has 1 amide bonds. The molecule has 10 nitrogen and oxygen atoms in total. The summed E-state index contributed by atoms with van der Waals surface area (Å²) in [5.74, 6) is 0.230. The summed E-state index contributed by atoms with van der Waals surface area (Å²) in [7, 11) is -0.746. The lowest BCUT2D eigenvalue weighted by Crippen LogP contribution is -2.33. The molecule has 0 saturated heterocycles. The third-order valence-corrected chi connectivity index (χ3v) is 6.54. The van der Waals surface area contributed by atoms with E-state index in [-0.39, 0.29) is 17.5 Å². The van der Waals surface area contributed by atoms with E-state index >= 15 is 0 Å². The first kappa shape index (κ1) is 20.8. The topological polar surface area (TPSA) is 120 Å². The summed E-state index contributed by atoms with van der Waals surface area (Å²) in [4.78, 5) is 18.9. The second-order valence-corrected chi connectivity index (χ2v) is 9.30. The number of carbonyl (C=O) groups is 1. The zero-order valence-electron chi connectivity index (χ0n) is 17.1. The van der Waals surface area contributed by atoms with Crippen LogP contribution in [-0.2, 0) is 14.8 Å². The molecule has 31 heavy (non-hydrogen) atoms. The van der Waals surface area contributed by atoms with Crippen LogP contribution in [0.5, 0.6) is 0 Å². The standard InChI is InChI=1S/C20H21N5O5S/c1-13(19-10-14-6-4-5-7-18(14)30-19)21-20(26)12-29-25-17-11-15(31(27,28)24(2)3)8-9-16(17)22-23-25/h4-11,13H,12H2,1-3H3,(H,21,26).